The van der Waals surface area contributed by atoms with Gasteiger partial charge in [-0.05, 0) is 31.2 Å². The molecule has 118 valence electrons. The highest BCUT2D eigenvalue weighted by Gasteiger charge is 2.23. The van der Waals surface area contributed by atoms with Crippen molar-refractivity contribution in [1.29, 1.82) is 0 Å². The van der Waals surface area contributed by atoms with E-state index in [0.29, 0.717) is 5.69 Å². The monoisotopic (exact) mass is 346 g/mol. The Kier molecular flexibility index (Phi) is 4.43. The second-order valence-corrected chi connectivity index (χ2v) is 6.47. The highest BCUT2D eigenvalue weighted by Crippen LogP contribution is 2.26. The number of carbonyl (C=O) groups excluding carboxylic acids is 1. The normalized spacial score (nSPS) is 11.3. The molecule has 1 heterocycles. The van der Waals surface area contributed by atoms with E-state index in [1.807, 2.05) is 0 Å². The molecule has 2 rings (SSSR count). The van der Waals surface area contributed by atoms with E-state index in [4.69, 9.17) is 11.6 Å². The summed E-state index contributed by atoms with van der Waals surface area (Å²) in [7, 11) is -2.91. The first kappa shape index (κ1) is 16.3. The molecule has 22 heavy (non-hydrogen) atoms. The van der Waals surface area contributed by atoms with E-state index in [0.717, 1.165) is 18.2 Å². The lowest BCUT2D eigenvalue weighted by Crippen LogP contribution is -2.16. The fourth-order valence-corrected chi connectivity index (χ4v) is 3.42. The van der Waals surface area contributed by atoms with E-state index in [9.17, 15) is 17.6 Å². The molecule has 0 saturated heterocycles. The van der Waals surface area contributed by atoms with Crippen molar-refractivity contribution in [2.24, 2.45) is 0 Å². The average molecular weight is 347 g/mol. The molecule has 0 fully saturated rings. The Morgan fingerprint density at radius 3 is 2.64 bits per heavy atom. The number of rotatable bonds is 4. The summed E-state index contributed by atoms with van der Waals surface area (Å²) in [6.45, 7) is 1.65. The fourth-order valence-electron chi connectivity index (χ4n) is 1.83. The van der Waals surface area contributed by atoms with Gasteiger partial charge in [-0.1, -0.05) is 11.6 Å². The molecule has 0 aliphatic rings. The SMILES string of the molecule is COC(=O)c1[nH]c(C)cc1NS(=O)(=O)c1ccc(F)cc1Cl. The lowest BCUT2D eigenvalue weighted by Gasteiger charge is -2.09. The van der Waals surface area contributed by atoms with E-state index in [2.05, 4.69) is 14.4 Å². The quantitative estimate of drug-likeness (QED) is 0.833. The predicted octanol–water partition coefficient (Wildman–Crippen LogP) is 2.70. The number of methoxy groups -OCH3 is 1. The number of hydrogen-bond acceptors (Lipinski definition) is 4. The first-order valence-corrected chi connectivity index (χ1v) is 7.86. The largest absolute Gasteiger partial charge is 0.464 e. The standard InChI is InChI=1S/C13H12ClFN2O4S/c1-7-5-10(12(16-7)13(18)21-2)17-22(19,20)11-4-3-8(15)6-9(11)14/h3-6,16-17H,1-2H3. The maximum Gasteiger partial charge on any atom is 0.356 e. The van der Waals surface area contributed by atoms with Crippen molar-refractivity contribution in [2.75, 3.05) is 11.8 Å². The number of nitrogens with one attached hydrogen (secondary N) is 2. The molecule has 0 saturated carbocycles. The molecule has 0 bridgehead atoms. The molecule has 0 amide bonds. The van der Waals surface area contributed by atoms with Crippen LogP contribution >= 0.6 is 11.6 Å². The number of halogens is 2. The van der Waals surface area contributed by atoms with Crippen LogP contribution in [0.2, 0.25) is 5.02 Å². The first-order chi connectivity index (χ1) is 10.2. The summed E-state index contributed by atoms with van der Waals surface area (Å²) in [5.41, 5.74) is 0.537. The molecule has 0 atom stereocenters. The van der Waals surface area contributed by atoms with E-state index in [1.54, 1.807) is 6.92 Å². The van der Waals surface area contributed by atoms with Crippen LogP contribution < -0.4 is 4.72 Å². The third-order valence-corrected chi connectivity index (χ3v) is 4.62. The number of esters is 1. The Bertz CT molecular complexity index is 833. The van der Waals surface area contributed by atoms with Gasteiger partial charge >= 0.3 is 5.97 Å². The van der Waals surface area contributed by atoms with Crippen molar-refractivity contribution in [3.63, 3.8) is 0 Å². The number of hydrogen-bond donors (Lipinski definition) is 2. The van der Waals surface area contributed by atoms with Crippen LogP contribution in [0.25, 0.3) is 0 Å². The smallest absolute Gasteiger partial charge is 0.356 e. The van der Waals surface area contributed by atoms with Crippen molar-refractivity contribution in [3.05, 3.63) is 46.5 Å². The molecule has 0 aliphatic heterocycles. The average Bonchev–Trinajstić information content (AvgIpc) is 2.77. The van der Waals surface area contributed by atoms with Crippen molar-refractivity contribution in [2.45, 2.75) is 11.8 Å². The number of anilines is 1. The molecule has 9 heteroatoms. The summed E-state index contributed by atoms with van der Waals surface area (Å²) in [5.74, 6) is -1.38. The summed E-state index contributed by atoms with van der Waals surface area (Å²) in [6.07, 6.45) is 0. The number of aromatic nitrogens is 1. The number of sulfonamides is 1. The second kappa shape index (κ2) is 5.98. The van der Waals surface area contributed by atoms with Crippen molar-refractivity contribution >= 4 is 33.3 Å². The highest BCUT2D eigenvalue weighted by molar-refractivity contribution is 7.92. The lowest BCUT2D eigenvalue weighted by atomic mass is 10.3. The molecule has 0 unspecified atom stereocenters. The molecule has 0 radical (unpaired) electrons. The summed E-state index contributed by atoms with van der Waals surface area (Å²) < 4.78 is 44.5. The van der Waals surface area contributed by atoms with Crippen LogP contribution in [0.3, 0.4) is 0 Å². The number of benzene rings is 1. The van der Waals surface area contributed by atoms with Crippen LogP contribution in [0.1, 0.15) is 16.2 Å². The van der Waals surface area contributed by atoms with Crippen molar-refractivity contribution < 1.29 is 22.3 Å². The van der Waals surface area contributed by atoms with E-state index < -0.39 is 21.8 Å². The molecule has 0 spiro atoms. The lowest BCUT2D eigenvalue weighted by molar-refractivity contribution is 0.0596. The molecule has 2 aromatic rings. The number of ether oxygens (including phenoxy) is 1. The molecule has 6 nitrogen and oxygen atoms in total. The minimum atomic E-state index is -4.09. The zero-order valence-electron chi connectivity index (χ0n) is 11.6. The summed E-state index contributed by atoms with van der Waals surface area (Å²) in [6, 6.07) is 4.34. The van der Waals surface area contributed by atoms with Gasteiger partial charge in [-0.2, -0.15) is 0 Å². The maximum atomic E-state index is 13.0. The van der Waals surface area contributed by atoms with Crippen LogP contribution in [0, 0.1) is 12.7 Å². The van der Waals surface area contributed by atoms with E-state index in [-0.39, 0.29) is 21.3 Å². The number of aryl methyl sites for hydroxylation is 1. The predicted molar refractivity (Wildman–Crippen MR) is 79.1 cm³/mol. The molecule has 1 aromatic heterocycles. The molecular weight excluding hydrogens is 335 g/mol. The highest BCUT2D eigenvalue weighted by atomic mass is 35.5. The molecule has 1 aromatic carbocycles. The van der Waals surface area contributed by atoms with Crippen LogP contribution in [0.5, 0.6) is 0 Å². The van der Waals surface area contributed by atoms with E-state index >= 15 is 0 Å². The van der Waals surface area contributed by atoms with Crippen LogP contribution in [0.15, 0.2) is 29.2 Å². The molecular formula is C13H12ClFN2O4S. The summed E-state index contributed by atoms with van der Waals surface area (Å²) in [5, 5.41) is -0.264. The Balaban J connectivity index is 2.43. The molecule has 0 aliphatic carbocycles. The maximum absolute atomic E-state index is 13.0. The summed E-state index contributed by atoms with van der Waals surface area (Å²) >= 11 is 5.76. The van der Waals surface area contributed by atoms with Gasteiger partial charge in [0, 0.05) is 5.69 Å². The Morgan fingerprint density at radius 2 is 2.05 bits per heavy atom. The summed E-state index contributed by atoms with van der Waals surface area (Å²) in [4.78, 5) is 14.0. The van der Waals surface area contributed by atoms with Gasteiger partial charge in [0.15, 0.2) is 0 Å². The van der Waals surface area contributed by atoms with Gasteiger partial charge in [0.2, 0.25) is 0 Å². The Labute approximate surface area is 131 Å². The van der Waals surface area contributed by atoms with Gasteiger partial charge in [-0.3, -0.25) is 4.72 Å². The Hall–Kier alpha value is -2.06. The first-order valence-electron chi connectivity index (χ1n) is 6.00. The third-order valence-electron chi connectivity index (χ3n) is 2.77. The van der Waals surface area contributed by atoms with Gasteiger partial charge in [0.05, 0.1) is 17.8 Å². The van der Waals surface area contributed by atoms with Crippen molar-refractivity contribution in [3.8, 4) is 0 Å². The molecule has 2 N–H and O–H groups in total. The van der Waals surface area contributed by atoms with Crippen LogP contribution in [-0.4, -0.2) is 26.5 Å². The van der Waals surface area contributed by atoms with Gasteiger partial charge in [0.1, 0.15) is 16.4 Å². The van der Waals surface area contributed by atoms with Crippen molar-refractivity contribution in [1.82, 2.24) is 4.98 Å². The van der Waals surface area contributed by atoms with Gasteiger partial charge in [0.25, 0.3) is 10.0 Å². The number of aromatic amines is 1. The van der Waals surface area contributed by atoms with E-state index in [1.165, 1.54) is 13.2 Å². The van der Waals surface area contributed by atoms with Gasteiger partial charge in [-0.15, -0.1) is 0 Å². The van der Waals surface area contributed by atoms with Crippen LogP contribution in [0.4, 0.5) is 10.1 Å². The second-order valence-electron chi connectivity index (χ2n) is 4.41. The van der Waals surface area contributed by atoms with Gasteiger partial charge in [-0.25, -0.2) is 17.6 Å². The number of H-pyrrole nitrogens is 1. The Morgan fingerprint density at radius 1 is 1.36 bits per heavy atom. The van der Waals surface area contributed by atoms with Gasteiger partial charge < -0.3 is 9.72 Å². The topological polar surface area (TPSA) is 88.3 Å². The number of carbonyl (C=O) groups is 1. The third kappa shape index (κ3) is 3.23. The zero-order valence-corrected chi connectivity index (χ0v) is 13.2. The van der Waals surface area contributed by atoms with Crippen LogP contribution in [-0.2, 0) is 14.8 Å². The fraction of sp³-hybridized carbons (Fsp3) is 0.154. The zero-order chi connectivity index (χ0) is 16.5. The minimum Gasteiger partial charge on any atom is -0.464 e. The minimum absolute atomic E-state index is 0.0183.